The molecule has 0 aromatic heterocycles. The molecular weight excluding hydrogens is 450 g/mol. The first-order chi connectivity index (χ1) is 13.4. The summed E-state index contributed by atoms with van der Waals surface area (Å²) in [4.78, 5) is 12.6. The quantitative estimate of drug-likeness (QED) is 0.568. The van der Waals surface area contributed by atoms with E-state index in [2.05, 4.69) is 0 Å². The van der Waals surface area contributed by atoms with Crippen molar-refractivity contribution in [3.05, 3.63) is 61.7 Å². The van der Waals surface area contributed by atoms with Crippen molar-refractivity contribution in [2.24, 2.45) is 0 Å². The van der Waals surface area contributed by atoms with Gasteiger partial charge in [0, 0.05) is 38.3 Å². The summed E-state index contributed by atoms with van der Waals surface area (Å²) >= 11 is 0. The van der Waals surface area contributed by atoms with Gasteiger partial charge in [-0.1, -0.05) is 11.6 Å². The molecule has 2 aromatic carbocycles. The average molecular weight is 471 g/mol. The van der Waals surface area contributed by atoms with Crippen LogP contribution in [-0.4, -0.2) is 19.3 Å². The van der Waals surface area contributed by atoms with Crippen LogP contribution in [0, 0.1) is 33.5 Å². The molecule has 0 saturated carbocycles. The molecule has 7 heteroatoms. The number of esters is 1. The van der Waals surface area contributed by atoms with Gasteiger partial charge in [-0.05, 0) is 68.0 Å². The Bertz CT molecular complexity index is 1050. The van der Waals surface area contributed by atoms with Gasteiger partial charge in [0.2, 0.25) is 6.79 Å². The number of rotatable bonds is 1. The molecule has 0 bridgehead atoms. The molecular formula is C22H21FNO4Y-. The van der Waals surface area contributed by atoms with Crippen LogP contribution in [0.15, 0.2) is 6.07 Å². The van der Waals surface area contributed by atoms with Gasteiger partial charge in [-0.2, -0.15) is 0 Å². The van der Waals surface area contributed by atoms with E-state index in [1.807, 2.05) is 26.8 Å². The number of nitrogens with zero attached hydrogens (tertiary/aromatic N) is 1. The molecule has 149 valence electrons. The number of hydrogen-bond acceptors (Lipinski definition) is 4. The Morgan fingerprint density at radius 2 is 1.79 bits per heavy atom. The van der Waals surface area contributed by atoms with Gasteiger partial charge in [0.25, 0.3) is 0 Å². The van der Waals surface area contributed by atoms with Gasteiger partial charge in [-0.25, -0.2) is 9.18 Å². The topological polar surface area (TPSA) is 58.9 Å². The number of halogens is 1. The number of hydrogen-bond donors (Lipinski definition) is 0. The van der Waals surface area contributed by atoms with E-state index in [-0.39, 0.29) is 51.1 Å². The minimum absolute atomic E-state index is 0. The molecule has 0 fully saturated rings. The molecule has 0 saturated heterocycles. The van der Waals surface area contributed by atoms with Crippen LogP contribution < -0.4 is 9.47 Å². The fourth-order valence-electron chi connectivity index (χ4n) is 4.72. The number of carbonyl (C=O) groups excluding carboxylic acids is 1. The standard InChI is InChI=1S/C22H21FNO4.Y/c1-9-10(2)16-17(18(23)11(9)3)22(25)28-21(16)19-15-12(4)20-14(26-8-27-20)7-13(15)5-6-24-19;/h7,19,21H,5-6,8H2,1-4H3;/q-1;/t19-,21+;/m1./s1. The zero-order chi connectivity index (χ0) is 19.7. The van der Waals surface area contributed by atoms with Crippen molar-refractivity contribution in [3.8, 4) is 11.5 Å². The van der Waals surface area contributed by atoms with Crippen LogP contribution in [0.5, 0.6) is 11.5 Å². The summed E-state index contributed by atoms with van der Waals surface area (Å²) in [6.07, 6.45) is 0.159. The third kappa shape index (κ3) is 2.87. The van der Waals surface area contributed by atoms with Crippen molar-refractivity contribution in [1.82, 2.24) is 0 Å². The van der Waals surface area contributed by atoms with Crippen molar-refractivity contribution in [1.29, 1.82) is 0 Å². The fourth-order valence-corrected chi connectivity index (χ4v) is 4.72. The summed E-state index contributed by atoms with van der Waals surface area (Å²) in [5, 5.41) is 4.80. The first-order valence-corrected chi connectivity index (χ1v) is 9.48. The maximum absolute atomic E-state index is 14.9. The Labute approximate surface area is 194 Å². The van der Waals surface area contributed by atoms with Gasteiger partial charge in [-0.15, -0.1) is 6.54 Å². The molecule has 0 spiro atoms. The molecule has 0 amide bonds. The van der Waals surface area contributed by atoms with Gasteiger partial charge in [-0.3, -0.25) is 0 Å². The van der Waals surface area contributed by atoms with Gasteiger partial charge in [0.1, 0.15) is 17.5 Å². The summed E-state index contributed by atoms with van der Waals surface area (Å²) in [6, 6.07) is 1.61. The summed E-state index contributed by atoms with van der Waals surface area (Å²) in [5.41, 5.74) is 5.99. The molecule has 0 aliphatic carbocycles. The Morgan fingerprint density at radius 1 is 1.03 bits per heavy atom. The molecule has 29 heavy (non-hydrogen) atoms. The third-order valence-corrected chi connectivity index (χ3v) is 6.40. The minimum atomic E-state index is -0.630. The third-order valence-electron chi connectivity index (χ3n) is 6.40. The van der Waals surface area contributed by atoms with Crippen molar-refractivity contribution in [2.75, 3.05) is 13.3 Å². The number of ether oxygens (including phenoxy) is 3. The average Bonchev–Trinajstić information content (AvgIpc) is 3.29. The molecule has 5 rings (SSSR count). The van der Waals surface area contributed by atoms with Crippen LogP contribution in [0.1, 0.15) is 61.4 Å². The molecule has 3 heterocycles. The van der Waals surface area contributed by atoms with Gasteiger partial charge in [0.15, 0.2) is 11.5 Å². The summed E-state index contributed by atoms with van der Waals surface area (Å²) in [5.74, 6) is 0.372. The van der Waals surface area contributed by atoms with E-state index in [9.17, 15) is 9.18 Å². The Balaban J connectivity index is 0.00000205. The summed E-state index contributed by atoms with van der Waals surface area (Å²) < 4.78 is 31.8. The first-order valence-electron chi connectivity index (χ1n) is 9.48. The number of carbonyl (C=O) groups is 1. The van der Waals surface area contributed by atoms with Gasteiger partial charge < -0.3 is 19.5 Å². The van der Waals surface area contributed by atoms with E-state index in [1.54, 1.807) is 6.92 Å². The summed E-state index contributed by atoms with van der Waals surface area (Å²) in [7, 11) is 0. The van der Waals surface area contributed by atoms with E-state index < -0.39 is 17.9 Å². The van der Waals surface area contributed by atoms with E-state index in [0.717, 1.165) is 40.0 Å². The van der Waals surface area contributed by atoms with Gasteiger partial charge >= 0.3 is 5.97 Å². The number of fused-ring (bicyclic) bond motifs is 3. The Morgan fingerprint density at radius 3 is 2.55 bits per heavy atom. The minimum Gasteiger partial charge on any atom is -0.652 e. The van der Waals surface area contributed by atoms with Gasteiger partial charge in [0.05, 0.1) is 0 Å². The number of benzene rings is 2. The van der Waals surface area contributed by atoms with Crippen molar-refractivity contribution >= 4 is 5.97 Å². The fraction of sp³-hybridized carbons (Fsp3) is 0.409. The van der Waals surface area contributed by atoms with Crippen LogP contribution in [0.25, 0.3) is 5.32 Å². The maximum atomic E-state index is 14.9. The zero-order valence-electron chi connectivity index (χ0n) is 16.9. The smallest absolute Gasteiger partial charge is 0.342 e. The van der Waals surface area contributed by atoms with Crippen LogP contribution in [0.4, 0.5) is 4.39 Å². The summed E-state index contributed by atoms with van der Waals surface area (Å²) in [6.45, 7) is 8.29. The number of cyclic esters (lactones) is 1. The Kier molecular flexibility index (Phi) is 5.25. The molecule has 0 unspecified atom stereocenters. The monoisotopic (exact) mass is 471 g/mol. The molecule has 0 N–H and O–H groups in total. The molecule has 2 atom stereocenters. The van der Waals surface area contributed by atoms with Crippen molar-refractivity contribution < 1.29 is 56.1 Å². The second kappa shape index (κ2) is 7.33. The van der Waals surface area contributed by atoms with E-state index in [0.29, 0.717) is 23.4 Å². The Hall–Kier alpha value is -1.50. The van der Waals surface area contributed by atoms with Crippen LogP contribution in [0.3, 0.4) is 0 Å². The molecule has 5 nitrogen and oxygen atoms in total. The molecule has 1 radical (unpaired) electrons. The van der Waals surface area contributed by atoms with Crippen LogP contribution in [-0.2, 0) is 43.9 Å². The largest absolute Gasteiger partial charge is 0.652 e. The second-order valence-corrected chi connectivity index (χ2v) is 7.71. The normalized spacial score (nSPS) is 21.3. The molecule has 2 aromatic rings. The predicted molar refractivity (Wildman–Crippen MR) is 101 cm³/mol. The van der Waals surface area contributed by atoms with Crippen LogP contribution in [0.2, 0.25) is 0 Å². The SMILES string of the molecule is Cc1c(C)c(F)c2c(c1C)[C@@H]([C@@H]1[N-]CCc3cc4c(c(C)c31)OCO4)OC2=O.[Y]. The van der Waals surface area contributed by atoms with E-state index >= 15 is 0 Å². The van der Waals surface area contributed by atoms with E-state index in [4.69, 9.17) is 19.5 Å². The van der Waals surface area contributed by atoms with E-state index in [1.165, 1.54) is 0 Å². The van der Waals surface area contributed by atoms with Crippen molar-refractivity contribution in [3.63, 3.8) is 0 Å². The maximum Gasteiger partial charge on any atom is 0.342 e. The molecule has 3 aliphatic heterocycles. The van der Waals surface area contributed by atoms with Crippen LogP contribution >= 0.6 is 0 Å². The zero-order valence-corrected chi connectivity index (χ0v) is 19.7. The predicted octanol–water partition coefficient (Wildman–Crippen LogP) is 4.67. The molecule has 3 aliphatic rings. The second-order valence-electron chi connectivity index (χ2n) is 7.71. The first kappa shape index (κ1) is 20.8. The van der Waals surface area contributed by atoms with Crippen molar-refractivity contribution in [2.45, 2.75) is 46.3 Å².